The average Bonchev–Trinajstić information content (AvgIpc) is 3.20. The first-order valence-corrected chi connectivity index (χ1v) is 10.4. The van der Waals surface area contributed by atoms with Crippen molar-refractivity contribution in [1.82, 2.24) is 4.90 Å². The van der Waals surface area contributed by atoms with Gasteiger partial charge >= 0.3 is 12.1 Å². The molecule has 1 aliphatic carbocycles. The monoisotopic (exact) mass is 393 g/mol. The maximum atomic E-state index is 12.7. The molecule has 2 fully saturated rings. The first-order chi connectivity index (χ1) is 13.0. The number of ether oxygens (including phenoxy) is 2. The molecule has 4 atom stereocenters. The van der Waals surface area contributed by atoms with E-state index >= 15 is 0 Å². The lowest BCUT2D eigenvalue weighted by Gasteiger charge is -2.29. The number of fused-ring (bicyclic) bond motifs is 1. The molecule has 0 aromatic carbocycles. The lowest BCUT2D eigenvalue weighted by molar-refractivity contribution is -0.149. The minimum atomic E-state index is -0.632. The summed E-state index contributed by atoms with van der Waals surface area (Å²) < 4.78 is 10.7. The van der Waals surface area contributed by atoms with Crippen molar-refractivity contribution in [3.8, 4) is 0 Å². The first kappa shape index (κ1) is 22.4. The van der Waals surface area contributed by atoms with Crippen LogP contribution in [-0.4, -0.2) is 47.0 Å². The molecule has 158 valence electrons. The van der Waals surface area contributed by atoms with E-state index < -0.39 is 17.7 Å². The van der Waals surface area contributed by atoms with Gasteiger partial charge in [0.2, 0.25) is 0 Å². The number of carbonyl (C=O) groups is 3. The minimum Gasteiger partial charge on any atom is -0.464 e. The van der Waals surface area contributed by atoms with Crippen molar-refractivity contribution in [3.63, 3.8) is 0 Å². The van der Waals surface area contributed by atoms with Crippen LogP contribution in [0.15, 0.2) is 12.7 Å². The standard InChI is InChI=1S/C22H35NO5/c1-7-9-10-15(3)17(24)11-12-22-13-16(19(25)27-8-2)23(18(22)14-22)20(26)28-21(4,5)6/h7,15-16,18H,1,8-14H2,2-6H3/t15-,16+,18-,22+/m1/s1. The van der Waals surface area contributed by atoms with Crippen LogP contribution in [0.1, 0.15) is 73.1 Å². The van der Waals surface area contributed by atoms with Gasteiger partial charge in [0, 0.05) is 18.4 Å². The molecule has 2 rings (SSSR count). The van der Waals surface area contributed by atoms with E-state index in [1.807, 2.05) is 33.8 Å². The molecule has 6 heteroatoms. The van der Waals surface area contributed by atoms with Crippen LogP contribution in [0, 0.1) is 11.3 Å². The molecule has 1 saturated carbocycles. The number of carbonyl (C=O) groups excluding carboxylic acids is 3. The zero-order valence-electron chi connectivity index (χ0n) is 18.0. The van der Waals surface area contributed by atoms with E-state index in [0.717, 1.165) is 19.3 Å². The van der Waals surface area contributed by atoms with Crippen molar-refractivity contribution in [2.24, 2.45) is 11.3 Å². The number of rotatable bonds is 9. The van der Waals surface area contributed by atoms with Gasteiger partial charge in [-0.05, 0) is 65.2 Å². The van der Waals surface area contributed by atoms with E-state index in [-0.39, 0.29) is 35.7 Å². The number of piperidine rings is 1. The van der Waals surface area contributed by atoms with Crippen LogP contribution in [-0.2, 0) is 19.1 Å². The Morgan fingerprint density at radius 2 is 1.96 bits per heavy atom. The Balaban J connectivity index is 2.05. The second kappa shape index (κ2) is 8.66. The van der Waals surface area contributed by atoms with Crippen molar-refractivity contribution in [2.45, 2.75) is 90.8 Å². The third-order valence-corrected chi connectivity index (χ3v) is 5.80. The molecule has 6 nitrogen and oxygen atoms in total. The highest BCUT2D eigenvalue weighted by molar-refractivity contribution is 5.84. The lowest BCUT2D eigenvalue weighted by Crippen LogP contribution is -2.46. The van der Waals surface area contributed by atoms with Gasteiger partial charge in [0.1, 0.15) is 17.4 Å². The Bertz CT molecular complexity index is 623. The van der Waals surface area contributed by atoms with E-state index in [2.05, 4.69) is 6.58 Å². The van der Waals surface area contributed by atoms with Crippen LogP contribution in [0.25, 0.3) is 0 Å². The van der Waals surface area contributed by atoms with Gasteiger partial charge in [0.15, 0.2) is 0 Å². The third kappa shape index (κ3) is 5.15. The molecular formula is C22H35NO5. The van der Waals surface area contributed by atoms with Gasteiger partial charge in [0.25, 0.3) is 0 Å². The van der Waals surface area contributed by atoms with E-state index in [9.17, 15) is 14.4 Å². The molecule has 0 aromatic heterocycles. The fraction of sp³-hybridized carbons (Fsp3) is 0.773. The van der Waals surface area contributed by atoms with E-state index in [0.29, 0.717) is 19.3 Å². The summed E-state index contributed by atoms with van der Waals surface area (Å²) in [7, 11) is 0. The number of hydrogen-bond donors (Lipinski definition) is 0. The summed E-state index contributed by atoms with van der Waals surface area (Å²) in [4.78, 5) is 39.2. The number of nitrogens with zero attached hydrogens (tertiary/aromatic N) is 1. The topological polar surface area (TPSA) is 72.9 Å². The molecule has 1 saturated heterocycles. The highest BCUT2D eigenvalue weighted by Crippen LogP contribution is 2.62. The number of likely N-dealkylation sites (tertiary alicyclic amines) is 1. The Morgan fingerprint density at radius 3 is 2.54 bits per heavy atom. The quantitative estimate of drug-likeness (QED) is 0.432. The zero-order chi connectivity index (χ0) is 21.1. The summed E-state index contributed by atoms with van der Waals surface area (Å²) in [6.45, 7) is 13.1. The summed E-state index contributed by atoms with van der Waals surface area (Å²) in [5, 5.41) is 0. The molecule has 0 radical (unpaired) electrons. The lowest BCUT2D eigenvalue weighted by atomic mass is 9.89. The van der Waals surface area contributed by atoms with Gasteiger partial charge in [-0.15, -0.1) is 6.58 Å². The summed E-state index contributed by atoms with van der Waals surface area (Å²) in [6.07, 6.45) is 5.54. The minimum absolute atomic E-state index is 0.0100. The van der Waals surface area contributed by atoms with Gasteiger partial charge in [-0.3, -0.25) is 9.69 Å². The Kier molecular flexibility index (Phi) is 6.94. The number of amides is 1. The molecule has 0 bridgehead atoms. The number of hydrogen-bond acceptors (Lipinski definition) is 5. The van der Waals surface area contributed by atoms with Crippen molar-refractivity contribution >= 4 is 17.8 Å². The maximum absolute atomic E-state index is 12.7. The largest absolute Gasteiger partial charge is 0.464 e. The molecule has 0 unspecified atom stereocenters. The van der Waals surface area contributed by atoms with Crippen molar-refractivity contribution in [1.29, 1.82) is 0 Å². The van der Waals surface area contributed by atoms with E-state index in [1.165, 1.54) is 0 Å². The smallest absolute Gasteiger partial charge is 0.411 e. The molecule has 0 spiro atoms. The molecule has 0 aromatic rings. The molecular weight excluding hydrogens is 358 g/mol. The van der Waals surface area contributed by atoms with Gasteiger partial charge in [-0.25, -0.2) is 9.59 Å². The fourth-order valence-corrected chi connectivity index (χ4v) is 4.16. The summed E-state index contributed by atoms with van der Waals surface area (Å²) in [5.74, 6) is -0.133. The van der Waals surface area contributed by atoms with Crippen LogP contribution in [0.2, 0.25) is 0 Å². The van der Waals surface area contributed by atoms with Gasteiger partial charge in [-0.2, -0.15) is 0 Å². The number of esters is 1. The second-order valence-corrected chi connectivity index (χ2v) is 9.18. The van der Waals surface area contributed by atoms with Crippen LogP contribution in [0.5, 0.6) is 0 Å². The summed E-state index contributed by atoms with van der Waals surface area (Å²) in [6, 6.07) is -0.671. The van der Waals surface area contributed by atoms with Crippen molar-refractivity contribution in [3.05, 3.63) is 12.7 Å². The SMILES string of the molecule is C=CCC[C@@H](C)C(=O)CC[C@@]12C[C@@H](C(=O)OCC)N(C(=O)OC(C)(C)C)[C@@H]1C2. The molecule has 1 aliphatic heterocycles. The van der Waals surface area contributed by atoms with E-state index in [1.54, 1.807) is 11.8 Å². The van der Waals surface area contributed by atoms with Gasteiger partial charge in [-0.1, -0.05) is 13.0 Å². The third-order valence-electron chi connectivity index (χ3n) is 5.80. The average molecular weight is 394 g/mol. The Morgan fingerprint density at radius 1 is 1.29 bits per heavy atom. The fourth-order valence-electron chi connectivity index (χ4n) is 4.16. The van der Waals surface area contributed by atoms with Crippen molar-refractivity contribution < 1.29 is 23.9 Å². The molecule has 1 amide bonds. The predicted molar refractivity (Wildman–Crippen MR) is 107 cm³/mol. The summed E-state index contributed by atoms with van der Waals surface area (Å²) in [5.41, 5.74) is -0.796. The predicted octanol–water partition coefficient (Wildman–Crippen LogP) is 4.27. The van der Waals surface area contributed by atoms with Gasteiger partial charge in [0.05, 0.1) is 6.61 Å². The zero-order valence-corrected chi connectivity index (χ0v) is 18.0. The normalized spacial score (nSPS) is 27.0. The summed E-state index contributed by atoms with van der Waals surface area (Å²) >= 11 is 0. The van der Waals surface area contributed by atoms with Crippen LogP contribution < -0.4 is 0 Å². The van der Waals surface area contributed by atoms with Gasteiger partial charge < -0.3 is 9.47 Å². The molecule has 0 N–H and O–H groups in total. The highest BCUT2D eigenvalue weighted by atomic mass is 16.6. The highest BCUT2D eigenvalue weighted by Gasteiger charge is 2.67. The molecule has 1 heterocycles. The number of ketones is 1. The number of Topliss-reactive ketones (excluding diaryl/α,β-unsaturated/α-hetero) is 1. The Hall–Kier alpha value is -1.85. The molecule has 2 aliphatic rings. The Labute approximate surface area is 168 Å². The van der Waals surface area contributed by atoms with Crippen LogP contribution in [0.3, 0.4) is 0 Å². The van der Waals surface area contributed by atoms with E-state index in [4.69, 9.17) is 9.47 Å². The van der Waals surface area contributed by atoms with Crippen LogP contribution >= 0.6 is 0 Å². The number of allylic oxidation sites excluding steroid dienone is 1. The van der Waals surface area contributed by atoms with Crippen molar-refractivity contribution in [2.75, 3.05) is 6.61 Å². The maximum Gasteiger partial charge on any atom is 0.411 e. The van der Waals surface area contributed by atoms with Crippen LogP contribution in [0.4, 0.5) is 4.79 Å². The molecule has 28 heavy (non-hydrogen) atoms. The second-order valence-electron chi connectivity index (χ2n) is 9.18. The first-order valence-electron chi connectivity index (χ1n) is 10.4.